The Morgan fingerprint density at radius 1 is 1.57 bits per heavy atom. The van der Waals surface area contributed by atoms with Crippen LogP contribution in [0, 0.1) is 5.41 Å². The predicted molar refractivity (Wildman–Crippen MR) is 49.4 cm³/mol. The van der Waals surface area contributed by atoms with E-state index in [2.05, 4.69) is 0 Å². The van der Waals surface area contributed by atoms with Crippen LogP contribution in [0.3, 0.4) is 0 Å². The Labute approximate surface area is 82.2 Å². The molecule has 0 bridgehead atoms. The smallest absolute Gasteiger partial charge is 0.315 e. The molecular weight excluding hydrogens is 182 g/mol. The number of carboxylic acid groups (broad SMARTS) is 1. The van der Waals surface area contributed by atoms with E-state index in [0.29, 0.717) is 25.0 Å². The van der Waals surface area contributed by atoms with Gasteiger partial charge >= 0.3 is 5.97 Å². The molecule has 0 aromatic heterocycles. The highest BCUT2D eigenvalue weighted by molar-refractivity contribution is 5.87. The van der Waals surface area contributed by atoms with Gasteiger partial charge in [0, 0.05) is 19.2 Å². The topological polar surface area (TPSA) is 57.6 Å². The Bertz CT molecular complexity index is 334. The van der Waals surface area contributed by atoms with Crippen molar-refractivity contribution in [2.24, 2.45) is 5.41 Å². The first-order valence-electron chi connectivity index (χ1n) is 4.78. The molecule has 0 aromatic carbocycles. The Kier molecular flexibility index (Phi) is 1.87. The van der Waals surface area contributed by atoms with Gasteiger partial charge in [0.1, 0.15) is 5.41 Å². The number of nitrogens with zero attached hydrogens (tertiary/aromatic N) is 1. The van der Waals surface area contributed by atoms with Crippen LogP contribution in [0.2, 0.25) is 0 Å². The first-order chi connectivity index (χ1) is 6.58. The van der Waals surface area contributed by atoms with E-state index in [1.165, 1.54) is 4.90 Å². The van der Waals surface area contributed by atoms with Crippen LogP contribution in [-0.2, 0) is 9.59 Å². The Morgan fingerprint density at radius 3 is 2.93 bits per heavy atom. The number of hydrogen-bond acceptors (Lipinski definition) is 2. The molecule has 1 amide bonds. The molecule has 1 atom stereocenters. The maximum atomic E-state index is 11.4. The van der Waals surface area contributed by atoms with Gasteiger partial charge in [0.2, 0.25) is 5.91 Å². The zero-order chi connectivity index (χ0) is 10.3. The number of piperidine rings is 1. The van der Waals surface area contributed by atoms with E-state index in [1.54, 1.807) is 7.05 Å². The minimum Gasteiger partial charge on any atom is -0.481 e. The third-order valence-electron chi connectivity index (χ3n) is 3.31. The summed E-state index contributed by atoms with van der Waals surface area (Å²) in [6.45, 7) is 0. The van der Waals surface area contributed by atoms with Crippen molar-refractivity contribution in [1.29, 1.82) is 0 Å². The van der Waals surface area contributed by atoms with Crippen LogP contribution >= 0.6 is 0 Å². The van der Waals surface area contributed by atoms with E-state index in [9.17, 15) is 14.7 Å². The summed E-state index contributed by atoms with van der Waals surface area (Å²) in [5, 5.41) is 9.22. The fourth-order valence-electron chi connectivity index (χ4n) is 2.44. The summed E-state index contributed by atoms with van der Waals surface area (Å²) in [5.41, 5.74) is -0.0795. The number of allylic oxidation sites excluding steroid dienone is 1. The van der Waals surface area contributed by atoms with Crippen LogP contribution in [0.5, 0.6) is 0 Å². The quantitative estimate of drug-likeness (QED) is 0.678. The average molecular weight is 195 g/mol. The van der Waals surface area contributed by atoms with Crippen LogP contribution in [0.4, 0.5) is 0 Å². The fraction of sp³-hybridized carbons (Fsp3) is 0.600. The van der Waals surface area contributed by atoms with Crippen LogP contribution in [0.1, 0.15) is 25.7 Å². The fourth-order valence-corrected chi connectivity index (χ4v) is 2.44. The molecule has 4 nitrogen and oxygen atoms in total. The van der Waals surface area contributed by atoms with E-state index in [-0.39, 0.29) is 5.91 Å². The highest BCUT2D eigenvalue weighted by atomic mass is 16.4. The monoisotopic (exact) mass is 195 g/mol. The summed E-state index contributed by atoms with van der Waals surface area (Å²) in [7, 11) is 1.66. The molecule has 0 saturated carbocycles. The number of carbonyl (C=O) groups excluding carboxylic acids is 1. The number of likely N-dealkylation sites (tertiary alicyclic amines) is 1. The number of carboxylic acids is 1. The van der Waals surface area contributed by atoms with Crippen LogP contribution in [-0.4, -0.2) is 28.9 Å². The Morgan fingerprint density at radius 2 is 2.29 bits per heavy atom. The average Bonchev–Trinajstić information content (AvgIpc) is 2.57. The normalized spacial score (nSPS) is 31.4. The molecule has 0 spiro atoms. The van der Waals surface area contributed by atoms with Crippen molar-refractivity contribution in [3.63, 3.8) is 0 Å². The molecule has 14 heavy (non-hydrogen) atoms. The summed E-state index contributed by atoms with van der Waals surface area (Å²) in [4.78, 5) is 24.1. The van der Waals surface area contributed by atoms with Crippen molar-refractivity contribution in [3.8, 4) is 0 Å². The number of amides is 1. The van der Waals surface area contributed by atoms with E-state index < -0.39 is 11.4 Å². The molecule has 4 heteroatoms. The van der Waals surface area contributed by atoms with E-state index >= 15 is 0 Å². The highest BCUT2D eigenvalue weighted by Crippen LogP contribution is 2.47. The molecule has 1 unspecified atom stereocenters. The van der Waals surface area contributed by atoms with Gasteiger partial charge in [-0.25, -0.2) is 0 Å². The van der Waals surface area contributed by atoms with Gasteiger partial charge in [-0.2, -0.15) is 0 Å². The zero-order valence-corrected chi connectivity index (χ0v) is 8.12. The molecule has 1 aliphatic carbocycles. The second-order valence-electron chi connectivity index (χ2n) is 3.97. The van der Waals surface area contributed by atoms with Gasteiger partial charge in [0.25, 0.3) is 0 Å². The van der Waals surface area contributed by atoms with Gasteiger partial charge < -0.3 is 10.0 Å². The van der Waals surface area contributed by atoms with Crippen LogP contribution < -0.4 is 0 Å². The van der Waals surface area contributed by atoms with Gasteiger partial charge in [0.15, 0.2) is 0 Å². The van der Waals surface area contributed by atoms with E-state index in [0.717, 1.165) is 6.42 Å². The molecule has 1 aliphatic heterocycles. The third-order valence-corrected chi connectivity index (χ3v) is 3.31. The zero-order valence-electron chi connectivity index (χ0n) is 8.12. The van der Waals surface area contributed by atoms with E-state index in [1.807, 2.05) is 6.08 Å². The minimum atomic E-state index is -0.791. The molecule has 2 aliphatic rings. The van der Waals surface area contributed by atoms with Gasteiger partial charge in [-0.1, -0.05) is 6.08 Å². The molecule has 1 fully saturated rings. The molecule has 2 rings (SSSR count). The second-order valence-corrected chi connectivity index (χ2v) is 3.97. The lowest BCUT2D eigenvalue weighted by Gasteiger charge is -2.37. The molecular formula is C10H13NO3. The Balaban J connectivity index is 2.40. The standard InChI is InChI=1S/C10H13NO3/c1-11-7-3-2-5-10(7,9(13)14)6-4-8(11)12/h3H,2,4-6H2,1H3,(H,13,14). The van der Waals surface area contributed by atoms with Crippen molar-refractivity contribution in [2.75, 3.05) is 7.05 Å². The SMILES string of the molecule is CN1C(=O)CCC2(C(=O)O)CCC=C12. The molecule has 76 valence electrons. The highest BCUT2D eigenvalue weighted by Gasteiger charge is 2.49. The first-order valence-corrected chi connectivity index (χ1v) is 4.78. The second kappa shape index (κ2) is 2.83. The van der Waals surface area contributed by atoms with Crippen molar-refractivity contribution < 1.29 is 14.7 Å². The summed E-state index contributed by atoms with van der Waals surface area (Å²) in [6, 6.07) is 0. The first kappa shape index (κ1) is 9.24. The lowest BCUT2D eigenvalue weighted by Crippen LogP contribution is -2.44. The third kappa shape index (κ3) is 0.997. The van der Waals surface area contributed by atoms with Crippen molar-refractivity contribution in [2.45, 2.75) is 25.7 Å². The number of hydrogen-bond donors (Lipinski definition) is 1. The van der Waals surface area contributed by atoms with Gasteiger partial charge in [-0.05, 0) is 19.3 Å². The van der Waals surface area contributed by atoms with Crippen LogP contribution in [0.15, 0.2) is 11.8 Å². The maximum absolute atomic E-state index is 11.4. The van der Waals surface area contributed by atoms with Gasteiger partial charge in [-0.15, -0.1) is 0 Å². The largest absolute Gasteiger partial charge is 0.481 e. The van der Waals surface area contributed by atoms with Crippen molar-refractivity contribution in [3.05, 3.63) is 11.8 Å². The number of fused-ring (bicyclic) bond motifs is 1. The molecule has 1 saturated heterocycles. The van der Waals surface area contributed by atoms with Crippen molar-refractivity contribution in [1.82, 2.24) is 4.90 Å². The summed E-state index contributed by atoms with van der Waals surface area (Å²) >= 11 is 0. The lowest BCUT2D eigenvalue weighted by molar-refractivity contribution is -0.151. The van der Waals surface area contributed by atoms with Gasteiger partial charge in [0.05, 0.1) is 0 Å². The number of aliphatic carboxylic acids is 1. The van der Waals surface area contributed by atoms with E-state index in [4.69, 9.17) is 0 Å². The lowest BCUT2D eigenvalue weighted by atomic mass is 9.77. The predicted octanol–water partition coefficient (Wildman–Crippen LogP) is 0.987. The molecule has 1 heterocycles. The van der Waals surface area contributed by atoms with Gasteiger partial charge in [-0.3, -0.25) is 9.59 Å². The summed E-state index contributed by atoms with van der Waals surface area (Å²) in [5.74, 6) is -0.768. The summed E-state index contributed by atoms with van der Waals surface area (Å²) in [6.07, 6.45) is 4.08. The molecule has 0 radical (unpaired) electrons. The Hall–Kier alpha value is -1.32. The minimum absolute atomic E-state index is 0.0232. The van der Waals surface area contributed by atoms with Crippen molar-refractivity contribution >= 4 is 11.9 Å². The number of carbonyl (C=O) groups is 2. The maximum Gasteiger partial charge on any atom is 0.315 e. The summed E-state index contributed by atoms with van der Waals surface area (Å²) < 4.78 is 0. The molecule has 1 N–H and O–H groups in total. The number of rotatable bonds is 1. The van der Waals surface area contributed by atoms with Crippen LogP contribution in [0.25, 0.3) is 0 Å². The molecule has 0 aromatic rings.